The number of benzene rings is 2. The number of fused-ring (bicyclic) bond motifs is 1. The standard InChI is InChI=1S/C24H27NO.BrH/c26-23(18-8-2-1-3-9-18)17-25-15-14-24-13-7-6-12-21(24)22(25)16-19-10-4-5-11-20(19)24;/h1-5,8-11,21-22H,6-7,12-17H2;1H/t21-,22+,24-;/m0./s1. The summed E-state index contributed by atoms with van der Waals surface area (Å²) in [6, 6.07) is 19.5. The van der Waals surface area contributed by atoms with E-state index in [1.165, 1.54) is 37.7 Å². The zero-order valence-electron chi connectivity index (χ0n) is 15.8. The molecule has 0 unspecified atom stereocenters. The van der Waals surface area contributed by atoms with Gasteiger partial charge in [0.25, 0.3) is 0 Å². The summed E-state index contributed by atoms with van der Waals surface area (Å²) in [6.45, 7) is 1.64. The first-order valence-electron chi connectivity index (χ1n) is 10.2. The summed E-state index contributed by atoms with van der Waals surface area (Å²) < 4.78 is 0. The lowest BCUT2D eigenvalue weighted by Crippen LogP contribution is -2.61. The van der Waals surface area contributed by atoms with Crippen LogP contribution in [-0.4, -0.2) is 29.8 Å². The topological polar surface area (TPSA) is 20.3 Å². The SMILES string of the molecule is Br.O=C(CN1CC[C@]23CCCC[C@H]2[C@H]1Cc1ccccc13)c1ccccc1. The van der Waals surface area contributed by atoms with Crippen molar-refractivity contribution in [3.05, 3.63) is 71.3 Å². The third-order valence-corrected chi connectivity index (χ3v) is 7.30. The zero-order valence-corrected chi connectivity index (χ0v) is 17.5. The van der Waals surface area contributed by atoms with Crippen LogP contribution in [-0.2, 0) is 11.8 Å². The number of likely N-dealkylation sites (tertiary alicyclic amines) is 1. The highest BCUT2D eigenvalue weighted by molar-refractivity contribution is 8.93. The number of nitrogens with zero attached hydrogens (tertiary/aromatic N) is 1. The van der Waals surface area contributed by atoms with Crippen molar-refractivity contribution in [1.82, 2.24) is 4.90 Å². The fraction of sp³-hybridized carbons (Fsp3) is 0.458. The molecule has 2 bridgehead atoms. The van der Waals surface area contributed by atoms with Crippen molar-refractivity contribution in [3.63, 3.8) is 0 Å². The van der Waals surface area contributed by atoms with Crippen molar-refractivity contribution >= 4 is 22.8 Å². The van der Waals surface area contributed by atoms with Gasteiger partial charge in [-0.15, -0.1) is 17.0 Å². The van der Waals surface area contributed by atoms with Crippen LogP contribution < -0.4 is 0 Å². The first-order valence-corrected chi connectivity index (χ1v) is 10.2. The number of hydrogen-bond acceptors (Lipinski definition) is 2. The Balaban J connectivity index is 0.00000180. The molecule has 3 atom stereocenters. The molecule has 0 spiro atoms. The van der Waals surface area contributed by atoms with Crippen LogP contribution in [0.1, 0.15) is 53.6 Å². The van der Waals surface area contributed by atoms with Crippen LogP contribution in [0.15, 0.2) is 54.6 Å². The van der Waals surface area contributed by atoms with E-state index in [-0.39, 0.29) is 22.8 Å². The van der Waals surface area contributed by atoms with Gasteiger partial charge < -0.3 is 0 Å². The largest absolute Gasteiger partial charge is 0.293 e. The van der Waals surface area contributed by atoms with E-state index in [9.17, 15) is 4.79 Å². The Hall–Kier alpha value is -1.45. The molecule has 1 saturated carbocycles. The van der Waals surface area contributed by atoms with Gasteiger partial charge >= 0.3 is 0 Å². The first kappa shape index (κ1) is 18.9. The van der Waals surface area contributed by atoms with E-state index in [0.717, 1.165) is 24.4 Å². The van der Waals surface area contributed by atoms with Crippen LogP contribution in [0.5, 0.6) is 0 Å². The average Bonchev–Trinajstić information content (AvgIpc) is 2.70. The van der Waals surface area contributed by atoms with Gasteiger partial charge in [0.1, 0.15) is 0 Å². The molecule has 1 aliphatic heterocycles. The van der Waals surface area contributed by atoms with E-state index in [4.69, 9.17) is 0 Å². The van der Waals surface area contributed by atoms with Crippen molar-refractivity contribution in [1.29, 1.82) is 0 Å². The Bertz CT molecular complexity index is 820. The molecule has 3 aliphatic rings. The second-order valence-corrected chi connectivity index (χ2v) is 8.45. The Morgan fingerprint density at radius 3 is 2.63 bits per heavy atom. The van der Waals surface area contributed by atoms with Gasteiger partial charge in [-0.1, -0.05) is 67.4 Å². The predicted molar refractivity (Wildman–Crippen MR) is 115 cm³/mol. The second kappa shape index (κ2) is 7.52. The second-order valence-electron chi connectivity index (χ2n) is 8.45. The third-order valence-electron chi connectivity index (χ3n) is 7.30. The van der Waals surface area contributed by atoms with Crippen molar-refractivity contribution in [3.8, 4) is 0 Å². The number of ketones is 1. The molecule has 142 valence electrons. The minimum Gasteiger partial charge on any atom is -0.293 e. The number of carbonyl (C=O) groups is 1. The lowest BCUT2D eigenvalue weighted by Gasteiger charge is -2.59. The van der Waals surface area contributed by atoms with Crippen LogP contribution in [0.2, 0.25) is 0 Å². The molecular weight excluding hydrogens is 398 g/mol. The molecule has 2 aromatic rings. The van der Waals surface area contributed by atoms with Crippen molar-refractivity contribution < 1.29 is 4.79 Å². The van der Waals surface area contributed by atoms with Crippen molar-refractivity contribution in [2.75, 3.05) is 13.1 Å². The van der Waals surface area contributed by atoms with Crippen LogP contribution in [0.25, 0.3) is 0 Å². The highest BCUT2D eigenvalue weighted by atomic mass is 79.9. The fourth-order valence-electron chi connectivity index (χ4n) is 6.15. The van der Waals surface area contributed by atoms with Gasteiger partial charge in [-0.2, -0.15) is 0 Å². The highest BCUT2D eigenvalue weighted by Gasteiger charge is 2.53. The summed E-state index contributed by atoms with van der Waals surface area (Å²) in [4.78, 5) is 15.3. The van der Waals surface area contributed by atoms with Gasteiger partial charge in [-0.25, -0.2) is 0 Å². The summed E-state index contributed by atoms with van der Waals surface area (Å²) in [5.41, 5.74) is 4.40. The maximum Gasteiger partial charge on any atom is 0.176 e. The lowest BCUT2D eigenvalue weighted by molar-refractivity contribution is -0.00838. The first-order chi connectivity index (χ1) is 12.8. The molecule has 2 nitrogen and oxygen atoms in total. The molecule has 3 heteroatoms. The normalized spacial score (nSPS) is 29.2. The van der Waals surface area contributed by atoms with Crippen LogP contribution >= 0.6 is 17.0 Å². The quantitative estimate of drug-likeness (QED) is 0.629. The third kappa shape index (κ3) is 3.09. The van der Waals surface area contributed by atoms with E-state index in [1.54, 1.807) is 5.56 Å². The van der Waals surface area contributed by atoms with E-state index in [2.05, 4.69) is 29.2 Å². The average molecular weight is 426 g/mol. The smallest absolute Gasteiger partial charge is 0.176 e. The van der Waals surface area contributed by atoms with Gasteiger partial charge in [-0.05, 0) is 49.3 Å². The molecule has 0 radical (unpaired) electrons. The summed E-state index contributed by atoms with van der Waals surface area (Å²) >= 11 is 0. The van der Waals surface area contributed by atoms with Gasteiger partial charge in [0.15, 0.2) is 5.78 Å². The number of halogens is 1. The molecule has 2 aromatic carbocycles. The molecule has 2 fully saturated rings. The maximum atomic E-state index is 12.8. The minimum absolute atomic E-state index is 0. The van der Waals surface area contributed by atoms with Gasteiger partial charge in [0.05, 0.1) is 6.54 Å². The lowest BCUT2D eigenvalue weighted by atomic mass is 9.52. The van der Waals surface area contributed by atoms with Gasteiger partial charge in [-0.3, -0.25) is 9.69 Å². The molecule has 1 saturated heterocycles. The highest BCUT2D eigenvalue weighted by Crippen LogP contribution is 2.55. The number of carbonyl (C=O) groups excluding carboxylic acids is 1. The van der Waals surface area contributed by atoms with E-state index >= 15 is 0 Å². The Morgan fingerprint density at radius 1 is 1.00 bits per heavy atom. The molecule has 1 heterocycles. The van der Waals surface area contributed by atoms with Crippen LogP contribution in [0, 0.1) is 5.92 Å². The Kier molecular flexibility index (Phi) is 5.26. The zero-order chi connectivity index (χ0) is 17.6. The molecule has 5 rings (SSSR count). The predicted octanol–water partition coefficient (Wildman–Crippen LogP) is 5.21. The maximum absolute atomic E-state index is 12.8. The number of hydrogen-bond donors (Lipinski definition) is 0. The summed E-state index contributed by atoms with van der Waals surface area (Å²) in [5.74, 6) is 0.997. The monoisotopic (exact) mass is 425 g/mol. The van der Waals surface area contributed by atoms with Crippen molar-refractivity contribution in [2.24, 2.45) is 5.92 Å². The summed E-state index contributed by atoms with van der Waals surface area (Å²) in [7, 11) is 0. The Labute approximate surface area is 172 Å². The molecule has 2 aliphatic carbocycles. The Morgan fingerprint density at radius 2 is 1.78 bits per heavy atom. The van der Waals surface area contributed by atoms with E-state index < -0.39 is 0 Å². The summed E-state index contributed by atoms with van der Waals surface area (Å²) in [5, 5.41) is 0. The number of piperidine rings is 1. The number of rotatable bonds is 3. The molecule has 0 amide bonds. The minimum atomic E-state index is 0. The molecule has 0 N–H and O–H groups in total. The molecular formula is C24H28BrNO. The molecule has 0 aromatic heterocycles. The van der Waals surface area contributed by atoms with E-state index in [1.807, 2.05) is 30.3 Å². The van der Waals surface area contributed by atoms with Gasteiger partial charge in [0.2, 0.25) is 0 Å². The summed E-state index contributed by atoms with van der Waals surface area (Å²) in [6.07, 6.45) is 7.71. The van der Waals surface area contributed by atoms with E-state index in [0.29, 0.717) is 18.0 Å². The van der Waals surface area contributed by atoms with Crippen LogP contribution in [0.3, 0.4) is 0 Å². The number of Topliss-reactive ketones (excluding diaryl/α,β-unsaturated/α-hetero) is 1. The van der Waals surface area contributed by atoms with Crippen LogP contribution in [0.4, 0.5) is 0 Å². The molecule has 27 heavy (non-hydrogen) atoms. The van der Waals surface area contributed by atoms with Crippen molar-refractivity contribution in [2.45, 2.75) is 50.0 Å². The fourth-order valence-corrected chi connectivity index (χ4v) is 6.15. The van der Waals surface area contributed by atoms with Gasteiger partial charge in [0, 0.05) is 17.0 Å².